The molecular formula is C20H25N3O3. The first kappa shape index (κ1) is 17.1. The molecule has 6 nitrogen and oxygen atoms in total. The number of benzene rings is 1. The fourth-order valence-electron chi connectivity index (χ4n) is 4.61. The van der Waals surface area contributed by atoms with Crippen molar-refractivity contribution in [2.75, 3.05) is 19.6 Å². The molecule has 2 fully saturated rings. The standard InChI is InChI=1S/C20H25N3O3/c1-14-6-5-11-22(12-14)17(24)13-23-18(25)20(21-19(23)26)10-4-8-15-7-2-3-9-16(15)20/h2-3,7,9,14H,4-6,8,10-13H2,1H3,(H,21,26)/t14-,20+/m0/s1. The van der Waals surface area contributed by atoms with Crippen molar-refractivity contribution in [2.45, 2.75) is 44.6 Å². The van der Waals surface area contributed by atoms with Crippen LogP contribution in [0.25, 0.3) is 0 Å². The second kappa shape index (κ2) is 6.41. The molecule has 1 N–H and O–H groups in total. The summed E-state index contributed by atoms with van der Waals surface area (Å²) in [5.74, 6) is 0.0432. The van der Waals surface area contributed by atoms with Crippen molar-refractivity contribution in [1.29, 1.82) is 0 Å². The Bertz CT molecular complexity index is 762. The fourth-order valence-corrected chi connectivity index (χ4v) is 4.61. The summed E-state index contributed by atoms with van der Waals surface area (Å²) in [5.41, 5.74) is 0.984. The van der Waals surface area contributed by atoms with Crippen molar-refractivity contribution in [3.8, 4) is 0 Å². The maximum Gasteiger partial charge on any atom is 0.325 e. The second-order valence-corrected chi connectivity index (χ2v) is 7.82. The summed E-state index contributed by atoms with van der Waals surface area (Å²) in [6.07, 6.45) is 4.43. The fraction of sp³-hybridized carbons (Fsp3) is 0.550. The number of likely N-dealkylation sites (tertiary alicyclic amines) is 1. The minimum Gasteiger partial charge on any atom is -0.341 e. The van der Waals surface area contributed by atoms with Crippen molar-refractivity contribution in [3.63, 3.8) is 0 Å². The van der Waals surface area contributed by atoms with Gasteiger partial charge in [0.05, 0.1) is 0 Å². The first-order chi connectivity index (χ1) is 12.5. The van der Waals surface area contributed by atoms with Crippen molar-refractivity contribution >= 4 is 17.8 Å². The van der Waals surface area contributed by atoms with Crippen LogP contribution in [-0.4, -0.2) is 47.3 Å². The van der Waals surface area contributed by atoms with Crippen LogP contribution in [0.15, 0.2) is 24.3 Å². The summed E-state index contributed by atoms with van der Waals surface area (Å²) < 4.78 is 0. The van der Waals surface area contributed by atoms with Gasteiger partial charge in [0.15, 0.2) is 0 Å². The number of urea groups is 1. The van der Waals surface area contributed by atoms with Gasteiger partial charge in [0.2, 0.25) is 5.91 Å². The molecule has 2 heterocycles. The van der Waals surface area contributed by atoms with Crippen molar-refractivity contribution in [3.05, 3.63) is 35.4 Å². The first-order valence-electron chi connectivity index (χ1n) is 9.51. The molecule has 3 aliphatic rings. The number of rotatable bonds is 2. The van der Waals surface area contributed by atoms with Crippen LogP contribution in [0.5, 0.6) is 0 Å². The zero-order chi connectivity index (χ0) is 18.3. The van der Waals surface area contributed by atoms with Crippen molar-refractivity contribution < 1.29 is 14.4 Å². The highest BCUT2D eigenvalue weighted by Gasteiger charge is 2.54. The van der Waals surface area contributed by atoms with Crippen LogP contribution in [0.2, 0.25) is 0 Å². The Labute approximate surface area is 153 Å². The average molecular weight is 355 g/mol. The molecule has 0 radical (unpaired) electrons. The van der Waals surface area contributed by atoms with E-state index >= 15 is 0 Å². The van der Waals surface area contributed by atoms with E-state index in [1.807, 2.05) is 24.3 Å². The van der Waals surface area contributed by atoms with Crippen LogP contribution in [0.1, 0.15) is 43.7 Å². The third kappa shape index (κ3) is 2.68. The Hall–Kier alpha value is -2.37. The summed E-state index contributed by atoms with van der Waals surface area (Å²) in [7, 11) is 0. The van der Waals surface area contributed by atoms with Gasteiger partial charge in [-0.25, -0.2) is 4.79 Å². The summed E-state index contributed by atoms with van der Waals surface area (Å²) in [5, 5.41) is 2.91. The van der Waals surface area contributed by atoms with Gasteiger partial charge in [0, 0.05) is 13.1 Å². The predicted molar refractivity (Wildman–Crippen MR) is 96.3 cm³/mol. The lowest BCUT2D eigenvalue weighted by Gasteiger charge is -2.34. The number of fused-ring (bicyclic) bond motifs is 2. The minimum absolute atomic E-state index is 0.138. The molecule has 1 spiro atoms. The number of imide groups is 1. The predicted octanol–water partition coefficient (Wildman–Crippen LogP) is 2.03. The Kier molecular flexibility index (Phi) is 4.21. The van der Waals surface area contributed by atoms with Gasteiger partial charge in [-0.3, -0.25) is 14.5 Å². The lowest BCUT2D eigenvalue weighted by molar-refractivity contribution is -0.140. The number of carbonyl (C=O) groups excluding carboxylic acids is 3. The first-order valence-corrected chi connectivity index (χ1v) is 9.51. The van der Waals surface area contributed by atoms with Gasteiger partial charge in [-0.15, -0.1) is 0 Å². The largest absolute Gasteiger partial charge is 0.341 e. The van der Waals surface area contributed by atoms with Gasteiger partial charge < -0.3 is 10.2 Å². The number of nitrogens with one attached hydrogen (secondary N) is 1. The van der Waals surface area contributed by atoms with E-state index in [-0.39, 0.29) is 18.4 Å². The molecule has 138 valence electrons. The zero-order valence-corrected chi connectivity index (χ0v) is 15.2. The van der Waals surface area contributed by atoms with Gasteiger partial charge >= 0.3 is 6.03 Å². The topological polar surface area (TPSA) is 69.7 Å². The van der Waals surface area contributed by atoms with Crippen LogP contribution < -0.4 is 5.32 Å². The SMILES string of the molecule is C[C@H]1CCCN(C(=O)CN2C(=O)N[C@@]3(CCCc4ccccc43)C2=O)C1. The summed E-state index contributed by atoms with van der Waals surface area (Å²) in [6, 6.07) is 7.33. The van der Waals surface area contributed by atoms with E-state index < -0.39 is 11.6 Å². The van der Waals surface area contributed by atoms with Gasteiger partial charge in [-0.2, -0.15) is 0 Å². The highest BCUT2D eigenvalue weighted by Crippen LogP contribution is 2.39. The quantitative estimate of drug-likeness (QED) is 0.825. The molecular weight excluding hydrogens is 330 g/mol. The van der Waals surface area contributed by atoms with E-state index in [1.54, 1.807) is 4.90 Å². The maximum atomic E-state index is 13.2. The number of aryl methyl sites for hydroxylation is 1. The number of carbonyl (C=O) groups is 3. The zero-order valence-electron chi connectivity index (χ0n) is 15.2. The van der Waals surface area contributed by atoms with Crippen molar-refractivity contribution in [1.82, 2.24) is 15.1 Å². The average Bonchev–Trinajstić information content (AvgIpc) is 2.87. The van der Waals surface area contributed by atoms with Crippen LogP contribution in [-0.2, 0) is 21.5 Å². The van der Waals surface area contributed by atoms with Crippen LogP contribution in [0, 0.1) is 5.92 Å². The van der Waals surface area contributed by atoms with Gasteiger partial charge in [-0.1, -0.05) is 31.2 Å². The highest BCUT2D eigenvalue weighted by atomic mass is 16.2. The lowest BCUT2D eigenvalue weighted by atomic mass is 9.76. The molecule has 0 bridgehead atoms. The number of nitrogens with zero attached hydrogens (tertiary/aromatic N) is 2. The van der Waals surface area contributed by atoms with E-state index in [0.717, 1.165) is 41.7 Å². The number of piperidine rings is 1. The molecule has 4 rings (SSSR count). The molecule has 6 heteroatoms. The molecule has 1 aromatic carbocycles. The molecule has 0 saturated carbocycles. The molecule has 26 heavy (non-hydrogen) atoms. The Balaban J connectivity index is 1.56. The van der Waals surface area contributed by atoms with Crippen molar-refractivity contribution in [2.24, 2.45) is 5.92 Å². The van der Waals surface area contributed by atoms with E-state index in [1.165, 1.54) is 0 Å². The van der Waals surface area contributed by atoms with E-state index in [9.17, 15) is 14.4 Å². The molecule has 0 unspecified atom stereocenters. The summed E-state index contributed by atoms with van der Waals surface area (Å²) in [4.78, 5) is 41.3. The third-order valence-corrected chi connectivity index (χ3v) is 5.95. The summed E-state index contributed by atoms with van der Waals surface area (Å²) >= 11 is 0. The molecule has 1 aromatic rings. The van der Waals surface area contributed by atoms with Crippen LogP contribution in [0.3, 0.4) is 0 Å². The van der Waals surface area contributed by atoms with E-state index in [0.29, 0.717) is 25.4 Å². The molecule has 1 aliphatic carbocycles. The Morgan fingerprint density at radius 2 is 2.08 bits per heavy atom. The third-order valence-electron chi connectivity index (χ3n) is 5.95. The molecule has 0 aromatic heterocycles. The number of hydrogen-bond donors (Lipinski definition) is 1. The van der Waals surface area contributed by atoms with Gasteiger partial charge in [-0.05, 0) is 49.1 Å². The highest BCUT2D eigenvalue weighted by molar-refractivity contribution is 6.09. The number of amides is 4. The molecule has 2 aliphatic heterocycles. The Morgan fingerprint density at radius 3 is 2.88 bits per heavy atom. The van der Waals surface area contributed by atoms with E-state index in [2.05, 4.69) is 12.2 Å². The number of hydrogen-bond acceptors (Lipinski definition) is 3. The van der Waals surface area contributed by atoms with Crippen LogP contribution in [0.4, 0.5) is 4.79 Å². The van der Waals surface area contributed by atoms with Gasteiger partial charge in [0.25, 0.3) is 5.91 Å². The molecule has 2 saturated heterocycles. The molecule has 4 amide bonds. The lowest BCUT2D eigenvalue weighted by Crippen LogP contribution is -2.48. The second-order valence-electron chi connectivity index (χ2n) is 7.82. The van der Waals surface area contributed by atoms with E-state index in [4.69, 9.17) is 0 Å². The smallest absolute Gasteiger partial charge is 0.325 e. The normalized spacial score (nSPS) is 28.3. The minimum atomic E-state index is -0.999. The molecule has 2 atom stereocenters. The maximum absolute atomic E-state index is 13.2. The van der Waals surface area contributed by atoms with Crippen LogP contribution >= 0.6 is 0 Å². The summed E-state index contributed by atoms with van der Waals surface area (Å²) in [6.45, 7) is 3.37. The van der Waals surface area contributed by atoms with Gasteiger partial charge in [0.1, 0.15) is 12.1 Å². The monoisotopic (exact) mass is 355 g/mol. The Morgan fingerprint density at radius 1 is 1.27 bits per heavy atom.